The molecule has 0 amide bonds. The quantitative estimate of drug-likeness (QED) is 0.488. The van der Waals surface area contributed by atoms with E-state index in [0.717, 1.165) is 0 Å². The zero-order valence-corrected chi connectivity index (χ0v) is 16.9. The second-order valence-electron chi connectivity index (χ2n) is 9.29. The highest BCUT2D eigenvalue weighted by molar-refractivity contribution is 5.66. The molecule has 0 heterocycles. The molecule has 0 aromatic heterocycles. The molecule has 3 fully saturated rings. The summed E-state index contributed by atoms with van der Waals surface area (Å²) in [6.07, 6.45) is 1.95. The third kappa shape index (κ3) is 3.28. The summed E-state index contributed by atoms with van der Waals surface area (Å²) in [5.41, 5.74) is 1.20. The summed E-state index contributed by atoms with van der Waals surface area (Å²) in [6, 6.07) is 0. The van der Waals surface area contributed by atoms with Gasteiger partial charge in [-0.2, -0.15) is 0 Å². The molecule has 0 aliphatic heterocycles. The van der Waals surface area contributed by atoms with Gasteiger partial charge in [0.25, 0.3) is 0 Å². The first kappa shape index (κ1) is 20.6. The van der Waals surface area contributed by atoms with Crippen LogP contribution in [0.3, 0.4) is 0 Å². The normalized spacial score (nSPS) is 42.7. The fraction of sp³-hybridized carbons (Fsp3) is 0.773. The number of ether oxygens (including phenoxy) is 1. The van der Waals surface area contributed by atoms with Crippen molar-refractivity contribution in [1.29, 1.82) is 0 Å². The summed E-state index contributed by atoms with van der Waals surface area (Å²) in [5.74, 6) is 1.76. The van der Waals surface area contributed by atoms with Crippen LogP contribution in [0.2, 0.25) is 0 Å². The van der Waals surface area contributed by atoms with E-state index in [1.165, 1.54) is 25.8 Å². The summed E-state index contributed by atoms with van der Waals surface area (Å²) in [6.45, 7) is 11.8. The minimum atomic E-state index is -1.10. The van der Waals surface area contributed by atoms with Crippen LogP contribution in [0.1, 0.15) is 47.0 Å². The standard InChI is InChI=1S/C22H34O5/c1-11(10-27-14(4)23)8-17(24)21(26)13(3)15-9-18(25)22(5)16-7-6-12(2)19(16)20(15)22/h8,12,15-21,24-26H,3,6-7,9-10H2,1-2,4-5H3/b11-8-/t12-,15+,16+,17?,18-,19-,20+,21?,22+/m1/s1. The molecular weight excluding hydrogens is 344 g/mol. The van der Waals surface area contributed by atoms with Gasteiger partial charge in [0.15, 0.2) is 0 Å². The van der Waals surface area contributed by atoms with Gasteiger partial charge in [-0.1, -0.05) is 32.9 Å². The fourth-order valence-electron chi connectivity index (χ4n) is 6.38. The highest BCUT2D eigenvalue weighted by Gasteiger charge is 2.70. The van der Waals surface area contributed by atoms with E-state index in [2.05, 4.69) is 20.4 Å². The van der Waals surface area contributed by atoms with Crippen molar-refractivity contribution < 1.29 is 24.9 Å². The Bertz CT molecular complexity index is 641. The van der Waals surface area contributed by atoms with Gasteiger partial charge in [-0.25, -0.2) is 0 Å². The number of rotatable bonds is 6. The molecule has 0 spiro atoms. The van der Waals surface area contributed by atoms with Crippen molar-refractivity contribution in [2.24, 2.45) is 35.0 Å². The van der Waals surface area contributed by atoms with Gasteiger partial charge in [0.2, 0.25) is 0 Å². The zero-order valence-electron chi connectivity index (χ0n) is 16.9. The molecule has 0 bridgehead atoms. The molecule has 152 valence electrons. The van der Waals surface area contributed by atoms with Crippen molar-refractivity contribution in [2.45, 2.75) is 65.3 Å². The number of aliphatic hydroxyl groups excluding tert-OH is 3. The number of fused-ring (bicyclic) bond motifs is 4. The van der Waals surface area contributed by atoms with Crippen LogP contribution in [0.4, 0.5) is 0 Å². The zero-order chi connectivity index (χ0) is 20.1. The molecule has 5 heteroatoms. The van der Waals surface area contributed by atoms with E-state index in [9.17, 15) is 20.1 Å². The average molecular weight is 379 g/mol. The Hall–Kier alpha value is -1.17. The summed E-state index contributed by atoms with van der Waals surface area (Å²) in [5, 5.41) is 31.9. The minimum Gasteiger partial charge on any atom is -0.461 e. The minimum absolute atomic E-state index is 0.0265. The van der Waals surface area contributed by atoms with Crippen LogP contribution in [0.15, 0.2) is 23.8 Å². The molecule has 3 rings (SSSR count). The third-order valence-electron chi connectivity index (χ3n) is 7.75. The second-order valence-corrected chi connectivity index (χ2v) is 9.29. The van der Waals surface area contributed by atoms with Gasteiger partial charge in [-0.15, -0.1) is 0 Å². The first-order valence-corrected chi connectivity index (χ1v) is 10.1. The summed E-state index contributed by atoms with van der Waals surface area (Å²) in [4.78, 5) is 10.9. The lowest BCUT2D eigenvalue weighted by molar-refractivity contribution is -0.144. The maximum atomic E-state index is 10.9. The summed E-state index contributed by atoms with van der Waals surface area (Å²) < 4.78 is 4.92. The molecule has 0 radical (unpaired) electrons. The summed E-state index contributed by atoms with van der Waals surface area (Å²) >= 11 is 0. The monoisotopic (exact) mass is 378 g/mol. The van der Waals surface area contributed by atoms with E-state index in [0.29, 0.717) is 41.2 Å². The van der Waals surface area contributed by atoms with Crippen molar-refractivity contribution in [2.75, 3.05) is 6.61 Å². The largest absolute Gasteiger partial charge is 0.461 e. The molecule has 3 N–H and O–H groups in total. The van der Waals surface area contributed by atoms with E-state index in [1.807, 2.05) is 0 Å². The van der Waals surface area contributed by atoms with E-state index in [1.54, 1.807) is 6.92 Å². The number of aliphatic hydroxyl groups is 3. The highest BCUT2D eigenvalue weighted by atomic mass is 16.5. The molecule has 2 unspecified atom stereocenters. The van der Waals surface area contributed by atoms with E-state index in [4.69, 9.17) is 4.74 Å². The molecular formula is C22H34O5. The molecule has 9 atom stereocenters. The maximum absolute atomic E-state index is 10.9. The number of esters is 1. The number of carbonyl (C=O) groups excluding carboxylic acids is 1. The lowest BCUT2D eigenvalue weighted by Gasteiger charge is -2.58. The van der Waals surface area contributed by atoms with Crippen LogP contribution in [0.5, 0.6) is 0 Å². The Kier molecular flexibility index (Phi) is 5.59. The van der Waals surface area contributed by atoms with Crippen molar-refractivity contribution >= 4 is 5.97 Å². The van der Waals surface area contributed by atoms with Crippen molar-refractivity contribution in [3.8, 4) is 0 Å². The van der Waals surface area contributed by atoms with E-state index in [-0.39, 0.29) is 30.0 Å². The molecule has 5 nitrogen and oxygen atoms in total. The predicted octanol–water partition coefficient (Wildman–Crippen LogP) is 2.45. The Labute approximate surface area is 162 Å². The van der Waals surface area contributed by atoms with Gasteiger partial charge in [0, 0.05) is 12.3 Å². The van der Waals surface area contributed by atoms with Crippen molar-refractivity contribution in [1.82, 2.24) is 0 Å². The lowest BCUT2D eigenvalue weighted by Crippen LogP contribution is -2.57. The molecule has 0 aromatic carbocycles. The second kappa shape index (κ2) is 7.34. The number of hydrogen-bond donors (Lipinski definition) is 3. The third-order valence-corrected chi connectivity index (χ3v) is 7.75. The highest BCUT2D eigenvalue weighted by Crippen LogP contribution is 2.73. The van der Waals surface area contributed by atoms with Crippen LogP contribution in [-0.2, 0) is 9.53 Å². The van der Waals surface area contributed by atoms with Gasteiger partial charge in [-0.3, -0.25) is 4.79 Å². The van der Waals surface area contributed by atoms with Gasteiger partial charge >= 0.3 is 5.97 Å². The van der Waals surface area contributed by atoms with Gasteiger partial charge in [0.1, 0.15) is 18.8 Å². The maximum Gasteiger partial charge on any atom is 0.302 e. The molecule has 0 aromatic rings. The van der Waals surface area contributed by atoms with E-state index >= 15 is 0 Å². The molecule has 3 aliphatic carbocycles. The molecule has 27 heavy (non-hydrogen) atoms. The van der Waals surface area contributed by atoms with Crippen LogP contribution < -0.4 is 0 Å². The molecule has 0 saturated heterocycles. The fourth-order valence-corrected chi connectivity index (χ4v) is 6.38. The van der Waals surface area contributed by atoms with Gasteiger partial charge in [-0.05, 0) is 60.5 Å². The Morgan fingerprint density at radius 1 is 1.33 bits per heavy atom. The Morgan fingerprint density at radius 2 is 2.00 bits per heavy atom. The topological polar surface area (TPSA) is 87.0 Å². The van der Waals surface area contributed by atoms with Gasteiger partial charge in [0.05, 0.1) is 6.10 Å². The number of hydrogen-bond acceptors (Lipinski definition) is 5. The van der Waals surface area contributed by atoms with Crippen LogP contribution in [0, 0.1) is 35.0 Å². The Balaban J connectivity index is 1.70. The first-order chi connectivity index (χ1) is 12.6. The smallest absolute Gasteiger partial charge is 0.302 e. The van der Waals surface area contributed by atoms with Crippen LogP contribution >= 0.6 is 0 Å². The van der Waals surface area contributed by atoms with E-state index < -0.39 is 12.2 Å². The first-order valence-electron chi connectivity index (χ1n) is 10.1. The SMILES string of the molecule is C=C(C(O)C(O)/C=C(/C)COC(C)=O)[C@@H]1C[C@@H](O)[C@@]2(C)[C@@H]1[C@@H]1[C@H](C)CC[C@@H]12. The Morgan fingerprint density at radius 3 is 2.63 bits per heavy atom. The lowest BCUT2D eigenvalue weighted by atomic mass is 9.46. The molecule has 3 aliphatic rings. The molecule has 3 saturated carbocycles. The predicted molar refractivity (Wildman–Crippen MR) is 103 cm³/mol. The summed E-state index contributed by atoms with van der Waals surface area (Å²) in [7, 11) is 0. The van der Waals surface area contributed by atoms with Crippen LogP contribution in [-0.4, -0.2) is 46.2 Å². The average Bonchev–Trinajstić information content (AvgIpc) is 3.04. The van der Waals surface area contributed by atoms with Gasteiger partial charge < -0.3 is 20.1 Å². The van der Waals surface area contributed by atoms with Crippen LogP contribution in [0.25, 0.3) is 0 Å². The van der Waals surface area contributed by atoms with Crippen molar-refractivity contribution in [3.63, 3.8) is 0 Å². The van der Waals surface area contributed by atoms with Crippen molar-refractivity contribution in [3.05, 3.63) is 23.8 Å². The number of carbonyl (C=O) groups is 1.